The number of carbonyl (C=O) groups is 1. The average molecular weight is 415 g/mol. The molecule has 1 amide bonds. The van der Waals surface area contributed by atoms with E-state index in [0.29, 0.717) is 4.88 Å². The summed E-state index contributed by atoms with van der Waals surface area (Å²) < 4.78 is 13.9. The first-order chi connectivity index (χ1) is 14.7. The first-order valence-corrected chi connectivity index (χ1v) is 10.7. The van der Waals surface area contributed by atoms with Crippen LogP contribution in [0, 0.1) is 5.82 Å². The number of carbonyl (C=O) groups excluding carboxylic acids is 1. The van der Waals surface area contributed by atoms with Crippen LogP contribution in [-0.4, -0.2) is 10.9 Å². The standard InChI is InChI=1S/C25H19FN2OS/c26-21-8-1-2-9-22(21)28-25(29)23-14-18-6-3-5-16-10-11-17(13-20(16)24(18)30-23)19-7-4-12-27-15-19/h1-2,4,7-15H,3,5-6H2,(H,28,29). The Labute approximate surface area is 178 Å². The van der Waals surface area contributed by atoms with Gasteiger partial charge in [-0.25, -0.2) is 4.39 Å². The van der Waals surface area contributed by atoms with E-state index in [-0.39, 0.29) is 11.6 Å². The molecular weight excluding hydrogens is 395 g/mol. The molecule has 5 heteroatoms. The first-order valence-electron chi connectivity index (χ1n) is 9.91. The van der Waals surface area contributed by atoms with Gasteiger partial charge in [0, 0.05) is 22.8 Å². The molecule has 2 aromatic carbocycles. The number of hydrogen-bond acceptors (Lipinski definition) is 3. The summed E-state index contributed by atoms with van der Waals surface area (Å²) in [5.74, 6) is -0.710. The van der Waals surface area contributed by atoms with Gasteiger partial charge < -0.3 is 5.32 Å². The fourth-order valence-corrected chi connectivity index (χ4v) is 5.05. The number of aromatic nitrogens is 1. The van der Waals surface area contributed by atoms with Crippen molar-refractivity contribution in [1.82, 2.24) is 4.98 Å². The number of nitrogens with zero attached hydrogens (tertiary/aromatic N) is 1. The summed E-state index contributed by atoms with van der Waals surface area (Å²) in [6.45, 7) is 0. The van der Waals surface area contributed by atoms with Crippen LogP contribution in [0.15, 0.2) is 73.1 Å². The molecule has 0 unspecified atom stereocenters. The van der Waals surface area contributed by atoms with Gasteiger partial charge in [0.1, 0.15) is 5.82 Å². The van der Waals surface area contributed by atoms with Crippen LogP contribution in [0.25, 0.3) is 21.6 Å². The van der Waals surface area contributed by atoms with Gasteiger partial charge in [-0.1, -0.05) is 30.3 Å². The van der Waals surface area contributed by atoms with Gasteiger partial charge in [0.15, 0.2) is 0 Å². The molecule has 0 atom stereocenters. The number of benzene rings is 2. The van der Waals surface area contributed by atoms with Gasteiger partial charge in [-0.3, -0.25) is 9.78 Å². The van der Waals surface area contributed by atoms with Crippen LogP contribution >= 0.6 is 11.3 Å². The van der Waals surface area contributed by atoms with Gasteiger partial charge in [0.25, 0.3) is 5.91 Å². The second kappa shape index (κ2) is 7.84. The summed E-state index contributed by atoms with van der Waals surface area (Å²) in [7, 11) is 0. The molecule has 1 aliphatic rings. The minimum Gasteiger partial charge on any atom is -0.319 e. The number of rotatable bonds is 3. The summed E-state index contributed by atoms with van der Waals surface area (Å²) >= 11 is 1.48. The lowest BCUT2D eigenvalue weighted by molar-refractivity contribution is 0.103. The molecular formula is C25H19FN2OS. The summed E-state index contributed by atoms with van der Waals surface area (Å²) in [5, 5.41) is 2.70. The van der Waals surface area contributed by atoms with E-state index in [1.54, 1.807) is 24.4 Å². The molecule has 0 radical (unpaired) electrons. The number of thiophene rings is 1. The molecule has 148 valence electrons. The van der Waals surface area contributed by atoms with Gasteiger partial charge in [0.05, 0.1) is 10.6 Å². The molecule has 5 rings (SSSR count). The number of para-hydroxylation sites is 1. The largest absolute Gasteiger partial charge is 0.319 e. The third-order valence-electron chi connectivity index (χ3n) is 5.40. The lowest BCUT2D eigenvalue weighted by Gasteiger charge is -2.09. The molecule has 2 aromatic heterocycles. The zero-order valence-electron chi connectivity index (χ0n) is 16.2. The van der Waals surface area contributed by atoms with E-state index in [4.69, 9.17) is 0 Å². The molecule has 1 aliphatic carbocycles. The van der Waals surface area contributed by atoms with Crippen LogP contribution in [-0.2, 0) is 12.8 Å². The molecule has 0 aliphatic heterocycles. The molecule has 0 spiro atoms. The highest BCUT2D eigenvalue weighted by atomic mass is 32.1. The molecule has 4 aromatic rings. The molecule has 1 N–H and O–H groups in total. The Balaban J connectivity index is 1.52. The summed E-state index contributed by atoms with van der Waals surface area (Å²) in [6, 6.07) is 18.7. The smallest absolute Gasteiger partial charge is 0.265 e. The lowest BCUT2D eigenvalue weighted by Crippen LogP contribution is -2.11. The fourth-order valence-electron chi connectivity index (χ4n) is 3.89. The predicted octanol–water partition coefficient (Wildman–Crippen LogP) is 6.36. The number of amides is 1. The maximum Gasteiger partial charge on any atom is 0.265 e. The van der Waals surface area contributed by atoms with Crippen LogP contribution < -0.4 is 5.32 Å². The third-order valence-corrected chi connectivity index (χ3v) is 6.61. The van der Waals surface area contributed by atoms with Gasteiger partial charge in [0.2, 0.25) is 0 Å². The summed E-state index contributed by atoms with van der Waals surface area (Å²) in [6.07, 6.45) is 6.61. The zero-order chi connectivity index (χ0) is 20.5. The van der Waals surface area contributed by atoms with Crippen molar-refractivity contribution < 1.29 is 9.18 Å². The van der Waals surface area contributed by atoms with E-state index in [2.05, 4.69) is 28.5 Å². The number of halogens is 1. The molecule has 3 nitrogen and oxygen atoms in total. The molecule has 0 saturated heterocycles. The normalized spacial score (nSPS) is 12.6. The fraction of sp³-hybridized carbons (Fsp3) is 0.120. The van der Waals surface area contributed by atoms with E-state index in [1.807, 2.05) is 24.4 Å². The zero-order valence-corrected chi connectivity index (χ0v) is 17.0. The van der Waals surface area contributed by atoms with Gasteiger partial charge in [-0.15, -0.1) is 11.3 Å². The SMILES string of the molecule is O=C(Nc1ccccc1F)c1cc2c(s1)-c1cc(-c3cccnc3)ccc1CCC2. The van der Waals surface area contributed by atoms with Crippen molar-refractivity contribution in [2.45, 2.75) is 19.3 Å². The Hall–Kier alpha value is -3.31. The Bertz CT molecular complexity index is 1230. The molecule has 2 heterocycles. The monoisotopic (exact) mass is 414 g/mol. The molecule has 0 saturated carbocycles. The second-order valence-electron chi connectivity index (χ2n) is 7.37. The highest BCUT2D eigenvalue weighted by Gasteiger charge is 2.21. The molecule has 30 heavy (non-hydrogen) atoms. The number of hydrogen-bond donors (Lipinski definition) is 1. The number of nitrogens with one attached hydrogen (secondary N) is 1. The minimum atomic E-state index is -0.435. The maximum atomic E-state index is 13.9. The van der Waals surface area contributed by atoms with Crippen molar-refractivity contribution in [1.29, 1.82) is 0 Å². The van der Waals surface area contributed by atoms with Crippen molar-refractivity contribution in [2.24, 2.45) is 0 Å². The van der Waals surface area contributed by atoms with Gasteiger partial charge in [-0.05, 0) is 71.8 Å². The number of fused-ring (bicyclic) bond motifs is 3. The maximum absolute atomic E-state index is 13.9. The van der Waals surface area contributed by atoms with E-state index in [9.17, 15) is 9.18 Å². The van der Waals surface area contributed by atoms with Crippen LogP contribution in [0.2, 0.25) is 0 Å². The Morgan fingerprint density at radius 1 is 0.967 bits per heavy atom. The number of pyridine rings is 1. The summed E-state index contributed by atoms with van der Waals surface area (Å²) in [5.41, 5.74) is 6.04. The van der Waals surface area contributed by atoms with E-state index in [1.165, 1.54) is 34.1 Å². The highest BCUT2D eigenvalue weighted by molar-refractivity contribution is 7.17. The summed E-state index contributed by atoms with van der Waals surface area (Å²) in [4.78, 5) is 18.8. The number of aryl methyl sites for hydroxylation is 2. The van der Waals surface area contributed by atoms with E-state index in [0.717, 1.165) is 35.3 Å². The minimum absolute atomic E-state index is 0.199. The predicted molar refractivity (Wildman–Crippen MR) is 119 cm³/mol. The van der Waals surface area contributed by atoms with Crippen LogP contribution in [0.4, 0.5) is 10.1 Å². The van der Waals surface area contributed by atoms with Crippen molar-refractivity contribution >= 4 is 22.9 Å². The van der Waals surface area contributed by atoms with E-state index >= 15 is 0 Å². The van der Waals surface area contributed by atoms with Crippen molar-refractivity contribution in [3.8, 4) is 21.6 Å². The molecule has 0 fully saturated rings. The topological polar surface area (TPSA) is 42.0 Å². The number of anilines is 1. The van der Waals surface area contributed by atoms with E-state index < -0.39 is 5.82 Å². The van der Waals surface area contributed by atoms with Crippen LogP contribution in [0.3, 0.4) is 0 Å². The average Bonchev–Trinajstić information content (AvgIpc) is 3.13. The second-order valence-corrected chi connectivity index (χ2v) is 8.42. The van der Waals surface area contributed by atoms with Crippen molar-refractivity contribution in [3.05, 3.63) is 94.9 Å². The van der Waals surface area contributed by atoms with Gasteiger partial charge in [-0.2, -0.15) is 0 Å². The Morgan fingerprint density at radius 2 is 1.83 bits per heavy atom. The van der Waals surface area contributed by atoms with Crippen molar-refractivity contribution in [2.75, 3.05) is 5.32 Å². The Kier molecular flexibility index (Phi) is 4.89. The Morgan fingerprint density at radius 3 is 2.67 bits per heavy atom. The highest BCUT2D eigenvalue weighted by Crippen LogP contribution is 2.40. The quantitative estimate of drug-likeness (QED) is 0.424. The first kappa shape index (κ1) is 18.7. The third kappa shape index (κ3) is 3.53. The molecule has 0 bridgehead atoms. The van der Waals surface area contributed by atoms with Crippen LogP contribution in [0.5, 0.6) is 0 Å². The van der Waals surface area contributed by atoms with Crippen LogP contribution in [0.1, 0.15) is 27.2 Å². The van der Waals surface area contributed by atoms with Gasteiger partial charge >= 0.3 is 0 Å². The lowest BCUT2D eigenvalue weighted by atomic mass is 9.98. The van der Waals surface area contributed by atoms with Crippen molar-refractivity contribution in [3.63, 3.8) is 0 Å².